The molecule has 0 aliphatic heterocycles. The molecule has 0 saturated carbocycles. The van der Waals surface area contributed by atoms with E-state index < -0.39 is 0 Å². The van der Waals surface area contributed by atoms with Crippen LogP contribution in [-0.2, 0) is 6.54 Å². The molecule has 0 aliphatic rings. The Morgan fingerprint density at radius 3 is 2.60 bits per heavy atom. The monoisotopic (exact) mass is 291 g/mol. The van der Waals surface area contributed by atoms with Crippen molar-refractivity contribution in [2.24, 2.45) is 0 Å². The van der Waals surface area contributed by atoms with Gasteiger partial charge < -0.3 is 5.32 Å². The molecular formula is C17H19ClFN. The smallest absolute Gasteiger partial charge is 0.124 e. The Balaban J connectivity index is 2.32. The van der Waals surface area contributed by atoms with Crippen molar-refractivity contribution in [3.05, 3.63) is 58.4 Å². The van der Waals surface area contributed by atoms with E-state index in [-0.39, 0.29) is 5.82 Å². The van der Waals surface area contributed by atoms with Gasteiger partial charge in [0.2, 0.25) is 0 Å². The predicted octanol–water partition coefficient (Wildman–Crippen LogP) is 4.95. The second-order valence-corrected chi connectivity index (χ2v) is 5.36. The normalized spacial score (nSPS) is 10.8. The Morgan fingerprint density at radius 1 is 1.10 bits per heavy atom. The summed E-state index contributed by atoms with van der Waals surface area (Å²) in [5.41, 5.74) is 4.28. The van der Waals surface area contributed by atoms with Gasteiger partial charge in [-0.2, -0.15) is 0 Å². The van der Waals surface area contributed by atoms with Crippen LogP contribution in [0.3, 0.4) is 0 Å². The first kappa shape index (κ1) is 15.0. The molecule has 2 aromatic rings. The van der Waals surface area contributed by atoms with Crippen LogP contribution in [0.5, 0.6) is 0 Å². The number of aryl methyl sites for hydroxylation is 1. The highest BCUT2D eigenvalue weighted by atomic mass is 35.5. The number of benzene rings is 2. The van der Waals surface area contributed by atoms with E-state index in [1.54, 1.807) is 6.07 Å². The number of nitrogens with one attached hydrogen (secondary N) is 1. The molecule has 0 amide bonds. The van der Waals surface area contributed by atoms with Crippen molar-refractivity contribution in [2.45, 2.75) is 26.8 Å². The van der Waals surface area contributed by atoms with Gasteiger partial charge in [0.15, 0.2) is 0 Å². The van der Waals surface area contributed by atoms with E-state index in [1.807, 2.05) is 6.92 Å². The Kier molecular flexibility index (Phi) is 5.16. The average molecular weight is 292 g/mol. The van der Waals surface area contributed by atoms with Gasteiger partial charge in [-0.1, -0.05) is 30.7 Å². The lowest BCUT2D eigenvalue weighted by Crippen LogP contribution is -2.13. The van der Waals surface area contributed by atoms with Crippen LogP contribution in [0.25, 0.3) is 11.1 Å². The highest BCUT2D eigenvalue weighted by molar-refractivity contribution is 6.33. The summed E-state index contributed by atoms with van der Waals surface area (Å²) >= 11 is 6.16. The molecule has 0 fully saturated rings. The largest absolute Gasteiger partial charge is 0.313 e. The second-order valence-electron chi connectivity index (χ2n) is 4.95. The van der Waals surface area contributed by atoms with Gasteiger partial charge in [0.25, 0.3) is 0 Å². The first-order valence-electron chi connectivity index (χ1n) is 6.87. The second kappa shape index (κ2) is 6.87. The number of halogens is 2. The lowest BCUT2D eigenvalue weighted by Gasteiger charge is -2.11. The van der Waals surface area contributed by atoms with Crippen LogP contribution in [-0.4, -0.2) is 6.54 Å². The zero-order valence-corrected chi connectivity index (χ0v) is 12.6. The number of hydrogen-bond acceptors (Lipinski definition) is 1. The topological polar surface area (TPSA) is 12.0 Å². The van der Waals surface area contributed by atoms with Gasteiger partial charge >= 0.3 is 0 Å². The quantitative estimate of drug-likeness (QED) is 0.768. The molecule has 106 valence electrons. The third-order valence-corrected chi connectivity index (χ3v) is 3.59. The van der Waals surface area contributed by atoms with E-state index in [2.05, 4.69) is 30.4 Å². The fraction of sp³-hybridized carbons (Fsp3) is 0.294. The molecule has 2 aromatic carbocycles. The van der Waals surface area contributed by atoms with Crippen LogP contribution in [0.15, 0.2) is 36.4 Å². The van der Waals surface area contributed by atoms with Gasteiger partial charge in [0.1, 0.15) is 5.82 Å². The summed E-state index contributed by atoms with van der Waals surface area (Å²) < 4.78 is 13.2. The van der Waals surface area contributed by atoms with Gasteiger partial charge in [-0.15, -0.1) is 0 Å². The first-order chi connectivity index (χ1) is 9.61. The third kappa shape index (κ3) is 3.59. The molecule has 0 aliphatic carbocycles. The van der Waals surface area contributed by atoms with E-state index in [0.717, 1.165) is 36.2 Å². The van der Waals surface area contributed by atoms with E-state index in [4.69, 9.17) is 11.6 Å². The molecule has 0 aromatic heterocycles. The number of rotatable bonds is 5. The van der Waals surface area contributed by atoms with Crippen molar-refractivity contribution in [1.29, 1.82) is 0 Å². The summed E-state index contributed by atoms with van der Waals surface area (Å²) in [7, 11) is 0. The maximum Gasteiger partial charge on any atom is 0.124 e. The molecule has 0 spiro atoms. The molecule has 1 N–H and O–H groups in total. The number of hydrogen-bond donors (Lipinski definition) is 1. The average Bonchev–Trinajstić information content (AvgIpc) is 2.41. The maximum atomic E-state index is 13.2. The highest BCUT2D eigenvalue weighted by Gasteiger charge is 2.08. The Morgan fingerprint density at radius 2 is 1.90 bits per heavy atom. The molecule has 20 heavy (non-hydrogen) atoms. The Labute approximate surface area is 124 Å². The summed E-state index contributed by atoms with van der Waals surface area (Å²) in [6.07, 6.45) is 1.11. The highest BCUT2D eigenvalue weighted by Crippen LogP contribution is 2.31. The van der Waals surface area contributed by atoms with Gasteiger partial charge in [-0.25, -0.2) is 4.39 Å². The summed E-state index contributed by atoms with van der Waals surface area (Å²) in [6.45, 7) is 6.02. The van der Waals surface area contributed by atoms with Gasteiger partial charge in [0.05, 0.1) is 5.02 Å². The molecule has 0 radical (unpaired) electrons. The van der Waals surface area contributed by atoms with Crippen molar-refractivity contribution in [3.8, 4) is 11.1 Å². The van der Waals surface area contributed by atoms with Crippen LogP contribution in [0.1, 0.15) is 24.5 Å². The SMILES string of the molecule is CCCNCc1ccc(C)c(-c2ccc(F)cc2Cl)c1. The summed E-state index contributed by atoms with van der Waals surface area (Å²) in [5.74, 6) is -0.308. The molecule has 0 bridgehead atoms. The molecule has 3 heteroatoms. The minimum absolute atomic E-state index is 0.308. The zero-order valence-electron chi connectivity index (χ0n) is 11.8. The fourth-order valence-corrected chi connectivity index (χ4v) is 2.46. The minimum Gasteiger partial charge on any atom is -0.313 e. The lowest BCUT2D eigenvalue weighted by molar-refractivity contribution is 0.628. The van der Waals surface area contributed by atoms with Crippen LogP contribution in [0, 0.1) is 12.7 Å². The van der Waals surface area contributed by atoms with E-state index >= 15 is 0 Å². The summed E-state index contributed by atoms with van der Waals surface area (Å²) in [4.78, 5) is 0. The van der Waals surface area contributed by atoms with Crippen molar-refractivity contribution in [2.75, 3.05) is 6.54 Å². The Hall–Kier alpha value is -1.38. The van der Waals surface area contributed by atoms with Crippen LogP contribution < -0.4 is 5.32 Å². The molecule has 0 atom stereocenters. The summed E-state index contributed by atoms with van der Waals surface area (Å²) in [5, 5.41) is 3.83. The van der Waals surface area contributed by atoms with Crippen LogP contribution >= 0.6 is 11.6 Å². The van der Waals surface area contributed by atoms with Crippen LogP contribution in [0.4, 0.5) is 4.39 Å². The van der Waals surface area contributed by atoms with Gasteiger partial charge in [-0.05, 0) is 60.8 Å². The Bertz CT molecular complexity index is 596. The van der Waals surface area contributed by atoms with Crippen molar-refractivity contribution in [1.82, 2.24) is 5.32 Å². The molecule has 0 saturated heterocycles. The lowest BCUT2D eigenvalue weighted by atomic mass is 9.98. The van der Waals surface area contributed by atoms with Crippen LogP contribution in [0.2, 0.25) is 5.02 Å². The fourth-order valence-electron chi connectivity index (χ4n) is 2.19. The van der Waals surface area contributed by atoms with Gasteiger partial charge in [-0.3, -0.25) is 0 Å². The standard InChI is InChI=1S/C17H19ClFN/c1-3-8-20-11-13-5-4-12(2)16(9-13)15-7-6-14(19)10-17(15)18/h4-7,9-10,20H,3,8,11H2,1-2H3. The molecule has 1 nitrogen and oxygen atoms in total. The van der Waals surface area contributed by atoms with E-state index in [1.165, 1.54) is 17.7 Å². The zero-order chi connectivity index (χ0) is 14.5. The van der Waals surface area contributed by atoms with Crippen molar-refractivity contribution in [3.63, 3.8) is 0 Å². The summed E-state index contributed by atoms with van der Waals surface area (Å²) in [6, 6.07) is 10.9. The maximum absolute atomic E-state index is 13.2. The minimum atomic E-state index is -0.308. The van der Waals surface area contributed by atoms with E-state index in [0.29, 0.717) is 5.02 Å². The van der Waals surface area contributed by atoms with E-state index in [9.17, 15) is 4.39 Å². The molecule has 0 heterocycles. The van der Waals surface area contributed by atoms with Crippen molar-refractivity contribution < 1.29 is 4.39 Å². The predicted molar refractivity (Wildman–Crippen MR) is 83.6 cm³/mol. The molecule has 2 rings (SSSR count). The van der Waals surface area contributed by atoms with Crippen molar-refractivity contribution >= 4 is 11.6 Å². The third-order valence-electron chi connectivity index (χ3n) is 3.28. The first-order valence-corrected chi connectivity index (χ1v) is 7.25. The molecular weight excluding hydrogens is 273 g/mol. The molecule has 0 unspecified atom stereocenters. The van der Waals surface area contributed by atoms with Gasteiger partial charge in [0, 0.05) is 12.1 Å².